The van der Waals surface area contributed by atoms with Gasteiger partial charge in [-0.05, 0) is 43.9 Å². The van der Waals surface area contributed by atoms with Crippen molar-refractivity contribution in [2.75, 3.05) is 19.6 Å². The molecule has 3 unspecified atom stereocenters. The number of hydrogen-bond donors (Lipinski definition) is 1. The molecule has 7 nitrogen and oxygen atoms in total. The zero-order chi connectivity index (χ0) is 23.2. The van der Waals surface area contributed by atoms with Gasteiger partial charge in [0.1, 0.15) is 6.04 Å². The van der Waals surface area contributed by atoms with Crippen LogP contribution in [0.1, 0.15) is 43.4 Å². The van der Waals surface area contributed by atoms with Crippen LogP contribution in [-0.4, -0.2) is 70.3 Å². The molecule has 0 spiro atoms. The maximum atomic E-state index is 13.0. The van der Waals surface area contributed by atoms with Crippen molar-refractivity contribution in [1.82, 2.24) is 14.7 Å². The van der Waals surface area contributed by atoms with Crippen LogP contribution >= 0.6 is 0 Å². The number of piperazine rings is 1. The summed E-state index contributed by atoms with van der Waals surface area (Å²) in [6.45, 7) is 3.14. The molecule has 172 valence electrons. The number of rotatable bonds is 5. The normalized spacial score (nSPS) is 27.6. The molecular weight excluding hydrogens is 423 g/mol. The minimum absolute atomic E-state index is 0.0780. The van der Waals surface area contributed by atoms with Crippen molar-refractivity contribution < 1.29 is 22.8 Å². The lowest BCUT2D eigenvalue weighted by atomic mass is 10.0. The number of fused-ring (bicyclic) bond motifs is 2. The van der Waals surface area contributed by atoms with Crippen LogP contribution in [0.15, 0.2) is 24.3 Å². The monoisotopic (exact) mass is 449 g/mol. The van der Waals surface area contributed by atoms with Crippen molar-refractivity contribution in [3.63, 3.8) is 0 Å². The number of hydrogen-bond acceptors (Lipinski definition) is 5. The largest absolute Gasteiger partial charge is 0.416 e. The van der Waals surface area contributed by atoms with E-state index in [-0.39, 0.29) is 36.5 Å². The zero-order valence-electron chi connectivity index (χ0n) is 17.8. The highest BCUT2D eigenvalue weighted by Gasteiger charge is 2.51. The molecule has 0 saturated carbocycles. The molecule has 2 bridgehead atoms. The van der Waals surface area contributed by atoms with Gasteiger partial charge in [-0.25, -0.2) is 0 Å². The molecule has 2 N–H and O–H groups in total. The summed E-state index contributed by atoms with van der Waals surface area (Å²) in [7, 11) is 0. The van der Waals surface area contributed by atoms with E-state index in [1.807, 2.05) is 11.8 Å². The molecule has 3 aliphatic rings. The van der Waals surface area contributed by atoms with Gasteiger partial charge in [0.2, 0.25) is 11.8 Å². The molecule has 0 aliphatic carbocycles. The Morgan fingerprint density at radius 3 is 2.59 bits per heavy atom. The molecule has 3 heterocycles. The van der Waals surface area contributed by atoms with Gasteiger partial charge in [-0.15, -0.1) is 0 Å². The van der Waals surface area contributed by atoms with E-state index in [0.717, 1.165) is 18.6 Å². The molecule has 10 heteroatoms. The van der Waals surface area contributed by atoms with Crippen molar-refractivity contribution in [1.29, 1.82) is 5.26 Å². The van der Waals surface area contributed by atoms with E-state index in [1.54, 1.807) is 4.90 Å². The van der Waals surface area contributed by atoms with Crippen LogP contribution in [0, 0.1) is 11.3 Å². The molecule has 0 radical (unpaired) electrons. The van der Waals surface area contributed by atoms with E-state index in [9.17, 15) is 28.0 Å². The second-order valence-corrected chi connectivity index (χ2v) is 8.83. The van der Waals surface area contributed by atoms with Gasteiger partial charge in [0, 0.05) is 25.7 Å². The highest BCUT2D eigenvalue weighted by molar-refractivity contribution is 5.87. The van der Waals surface area contributed by atoms with Crippen molar-refractivity contribution in [2.24, 2.45) is 5.73 Å². The van der Waals surface area contributed by atoms with Crippen molar-refractivity contribution in [2.45, 2.75) is 62.6 Å². The summed E-state index contributed by atoms with van der Waals surface area (Å²) in [6.07, 6.45) is -2.36. The number of alkyl halides is 3. The lowest BCUT2D eigenvalue weighted by Crippen LogP contribution is -2.56. The average molecular weight is 449 g/mol. The van der Waals surface area contributed by atoms with Crippen molar-refractivity contribution in [3.8, 4) is 6.07 Å². The first-order valence-electron chi connectivity index (χ1n) is 10.8. The quantitative estimate of drug-likeness (QED) is 0.741. The number of carbonyl (C=O) groups excluding carboxylic acids is 2. The fourth-order valence-corrected chi connectivity index (χ4v) is 5.22. The number of likely N-dealkylation sites (tertiary alicyclic amines) is 3. The Balaban J connectivity index is 1.39. The second kappa shape index (κ2) is 8.37. The van der Waals surface area contributed by atoms with Crippen LogP contribution in [0.25, 0.3) is 0 Å². The molecular formula is C22H26F3N5O2. The topological polar surface area (TPSA) is 93.7 Å². The van der Waals surface area contributed by atoms with E-state index in [0.29, 0.717) is 31.5 Å². The van der Waals surface area contributed by atoms with Crippen molar-refractivity contribution in [3.05, 3.63) is 35.4 Å². The molecule has 3 saturated heterocycles. The number of halogens is 3. The molecule has 3 aliphatic heterocycles. The molecule has 1 aromatic carbocycles. The Labute approximate surface area is 184 Å². The summed E-state index contributed by atoms with van der Waals surface area (Å²) in [5, 5.41) is 9.20. The van der Waals surface area contributed by atoms with E-state index in [4.69, 9.17) is 5.73 Å². The first kappa shape index (κ1) is 22.6. The fraction of sp³-hybridized carbons (Fsp3) is 0.591. The fourth-order valence-electron chi connectivity index (χ4n) is 5.22. The van der Waals surface area contributed by atoms with E-state index < -0.39 is 23.8 Å². The number of nitrogens with zero attached hydrogens (tertiary/aromatic N) is 4. The van der Waals surface area contributed by atoms with E-state index >= 15 is 0 Å². The predicted octanol–water partition coefficient (Wildman–Crippen LogP) is 1.89. The smallest absolute Gasteiger partial charge is 0.330 e. The molecule has 4 rings (SSSR count). The predicted molar refractivity (Wildman–Crippen MR) is 109 cm³/mol. The third kappa shape index (κ3) is 3.95. The Kier molecular flexibility index (Phi) is 5.90. The first-order chi connectivity index (χ1) is 15.1. The molecule has 0 aromatic heterocycles. The van der Waals surface area contributed by atoms with Crippen LogP contribution in [-0.2, 0) is 15.8 Å². The van der Waals surface area contributed by atoms with Crippen LogP contribution < -0.4 is 5.73 Å². The number of benzene rings is 1. The van der Waals surface area contributed by atoms with Gasteiger partial charge in [0.05, 0.1) is 29.8 Å². The van der Waals surface area contributed by atoms with E-state index in [1.165, 1.54) is 17.0 Å². The standard InChI is InChI=1S/C22H26F3N5O2/c1-13(14-4-6-15(7-5-14)22(23,24)25)30-17-9-19(21(30)32)28(11-17)12-18(27)20(31)29-8-2-3-16(29)10-26/h4-7,13,16-19H,2-3,8-9,11-12,27H2,1H3/t13?,16?,17-,18?,19-/m0/s1. The minimum atomic E-state index is -4.40. The summed E-state index contributed by atoms with van der Waals surface area (Å²) >= 11 is 0. The van der Waals surface area contributed by atoms with E-state index in [2.05, 4.69) is 6.07 Å². The summed E-state index contributed by atoms with van der Waals surface area (Å²) in [5.41, 5.74) is 6.08. The maximum absolute atomic E-state index is 13.0. The minimum Gasteiger partial charge on any atom is -0.330 e. The van der Waals surface area contributed by atoms with Crippen LogP contribution in [0.2, 0.25) is 0 Å². The van der Waals surface area contributed by atoms with Crippen molar-refractivity contribution >= 4 is 11.8 Å². The van der Waals surface area contributed by atoms with Gasteiger partial charge < -0.3 is 15.5 Å². The third-order valence-corrected chi connectivity index (χ3v) is 6.89. The second-order valence-electron chi connectivity index (χ2n) is 8.83. The van der Waals surface area contributed by atoms with Crippen LogP contribution in [0.4, 0.5) is 13.2 Å². The van der Waals surface area contributed by atoms with Gasteiger partial charge >= 0.3 is 6.18 Å². The third-order valence-electron chi connectivity index (χ3n) is 6.89. The van der Waals surface area contributed by atoms with Gasteiger partial charge in [-0.3, -0.25) is 14.5 Å². The maximum Gasteiger partial charge on any atom is 0.416 e. The van der Waals surface area contributed by atoms with Gasteiger partial charge in [-0.1, -0.05) is 12.1 Å². The summed E-state index contributed by atoms with van der Waals surface area (Å²) < 4.78 is 38.5. The lowest BCUT2D eigenvalue weighted by molar-refractivity contribution is -0.141. The molecule has 3 fully saturated rings. The number of carbonyl (C=O) groups is 2. The molecule has 1 aromatic rings. The molecule has 2 amide bonds. The summed E-state index contributed by atoms with van der Waals surface area (Å²) in [5.74, 6) is -0.358. The number of amides is 2. The number of nitriles is 1. The first-order valence-corrected chi connectivity index (χ1v) is 10.8. The summed E-state index contributed by atoms with van der Waals surface area (Å²) in [4.78, 5) is 30.9. The lowest BCUT2D eigenvalue weighted by Gasteiger charge is -2.38. The Hall–Kier alpha value is -2.64. The van der Waals surface area contributed by atoms with Gasteiger partial charge in [0.25, 0.3) is 0 Å². The highest BCUT2D eigenvalue weighted by Crippen LogP contribution is 2.38. The van der Waals surface area contributed by atoms with Gasteiger partial charge in [0.15, 0.2) is 0 Å². The van der Waals surface area contributed by atoms with Crippen LogP contribution in [0.5, 0.6) is 0 Å². The Morgan fingerprint density at radius 2 is 2.00 bits per heavy atom. The molecule has 32 heavy (non-hydrogen) atoms. The van der Waals surface area contributed by atoms with Crippen LogP contribution in [0.3, 0.4) is 0 Å². The molecule has 5 atom stereocenters. The Bertz CT molecular complexity index is 929. The highest BCUT2D eigenvalue weighted by atomic mass is 19.4. The summed E-state index contributed by atoms with van der Waals surface area (Å²) in [6, 6.07) is 4.98. The number of nitrogens with two attached hydrogens (primary N) is 1. The zero-order valence-corrected chi connectivity index (χ0v) is 17.8. The average Bonchev–Trinajstić information content (AvgIpc) is 3.46. The van der Waals surface area contributed by atoms with Gasteiger partial charge in [-0.2, -0.15) is 18.4 Å². The Morgan fingerprint density at radius 1 is 1.31 bits per heavy atom. The SMILES string of the molecule is CC(c1ccc(C(F)(F)F)cc1)N1C(=O)[C@@H]2C[C@H]1CN2CC(N)C(=O)N1CCCC1C#N.